The van der Waals surface area contributed by atoms with Crippen molar-refractivity contribution >= 4 is 32.9 Å². The highest BCUT2D eigenvalue weighted by Crippen LogP contribution is 2.36. The molecule has 1 aliphatic rings. The second-order valence-electron chi connectivity index (χ2n) is 7.99. The summed E-state index contributed by atoms with van der Waals surface area (Å²) < 4.78 is 11.8. The van der Waals surface area contributed by atoms with Crippen LogP contribution in [0.3, 0.4) is 0 Å². The molecule has 0 unspecified atom stereocenters. The minimum atomic E-state index is -0.137. The van der Waals surface area contributed by atoms with Gasteiger partial charge in [-0.05, 0) is 44.4 Å². The van der Waals surface area contributed by atoms with Gasteiger partial charge in [0.2, 0.25) is 0 Å². The minimum Gasteiger partial charge on any atom is -0.494 e. The Hall–Kier alpha value is -2.68. The molecule has 166 valence electrons. The molecule has 5 rings (SSSR count). The fourth-order valence-corrected chi connectivity index (χ4v) is 5.82. The predicted octanol–water partition coefficient (Wildman–Crippen LogP) is 5.29. The van der Waals surface area contributed by atoms with Gasteiger partial charge in [0.15, 0.2) is 0 Å². The van der Waals surface area contributed by atoms with Crippen molar-refractivity contribution in [1.82, 2.24) is 15.3 Å². The molecule has 0 spiro atoms. The van der Waals surface area contributed by atoms with Crippen molar-refractivity contribution in [2.24, 2.45) is 0 Å². The topological polar surface area (TPSA) is 76.2 Å². The summed E-state index contributed by atoms with van der Waals surface area (Å²) in [7, 11) is 0. The van der Waals surface area contributed by atoms with Gasteiger partial charge in [0.1, 0.15) is 28.3 Å². The first-order valence-corrected chi connectivity index (χ1v) is 12.5. The molecular weight excluding hydrogens is 442 g/mol. The number of hydrogen-bond donors (Lipinski definition) is 2. The van der Waals surface area contributed by atoms with Crippen LogP contribution in [0.2, 0.25) is 0 Å². The molecule has 8 heteroatoms. The molecule has 1 aliphatic heterocycles. The first-order valence-electron chi connectivity index (χ1n) is 10.8. The van der Waals surface area contributed by atoms with Crippen LogP contribution in [0.15, 0.2) is 39.8 Å². The van der Waals surface area contributed by atoms with E-state index < -0.39 is 0 Å². The Bertz CT molecular complexity index is 1310. The zero-order chi connectivity index (χ0) is 22.2. The third-order valence-electron chi connectivity index (χ3n) is 5.64. The van der Waals surface area contributed by atoms with Crippen LogP contribution in [0.4, 0.5) is 0 Å². The van der Waals surface area contributed by atoms with Crippen molar-refractivity contribution < 1.29 is 9.47 Å². The van der Waals surface area contributed by atoms with E-state index in [0.717, 1.165) is 38.8 Å². The fourth-order valence-electron chi connectivity index (χ4n) is 4.05. The van der Waals surface area contributed by atoms with Gasteiger partial charge >= 0.3 is 0 Å². The summed E-state index contributed by atoms with van der Waals surface area (Å²) in [5.74, 6) is 2.43. The summed E-state index contributed by atoms with van der Waals surface area (Å²) in [6.07, 6.45) is 1.09. The van der Waals surface area contributed by atoms with E-state index in [-0.39, 0.29) is 17.7 Å². The van der Waals surface area contributed by atoms with Gasteiger partial charge < -0.3 is 19.8 Å². The van der Waals surface area contributed by atoms with Gasteiger partial charge in [-0.15, -0.1) is 22.7 Å². The van der Waals surface area contributed by atoms with Gasteiger partial charge in [-0.25, -0.2) is 4.98 Å². The second-order valence-corrected chi connectivity index (χ2v) is 9.80. The van der Waals surface area contributed by atoms with Crippen LogP contribution in [0.25, 0.3) is 20.7 Å². The molecule has 0 aliphatic carbocycles. The normalized spacial score (nSPS) is 16.2. The molecule has 4 heterocycles. The van der Waals surface area contributed by atoms with E-state index >= 15 is 0 Å². The third-order valence-corrected chi connectivity index (χ3v) is 7.41. The number of aromatic amines is 1. The number of benzene rings is 1. The first-order chi connectivity index (χ1) is 15.5. The van der Waals surface area contributed by atoms with Crippen LogP contribution in [0, 0.1) is 0 Å². The number of hydrogen-bond acceptors (Lipinski definition) is 7. The number of thiophene rings is 2. The molecule has 0 amide bonds. The number of nitrogens with one attached hydrogen (secondary N) is 2. The number of fused-ring (bicyclic) bond motifs is 2. The molecule has 2 atom stereocenters. The highest BCUT2D eigenvalue weighted by Gasteiger charge is 2.22. The molecule has 1 aromatic carbocycles. The smallest absolute Gasteiger partial charge is 0.260 e. The van der Waals surface area contributed by atoms with E-state index in [2.05, 4.69) is 29.4 Å². The molecule has 4 aromatic rings. The number of aromatic nitrogens is 2. The summed E-state index contributed by atoms with van der Waals surface area (Å²) in [6, 6.07) is 8.04. The molecule has 3 aromatic heterocycles. The Balaban J connectivity index is 1.38. The number of rotatable bonds is 7. The molecule has 0 saturated carbocycles. The number of nitrogens with zero attached hydrogens (tertiary/aromatic N) is 1. The Labute approximate surface area is 194 Å². The lowest BCUT2D eigenvalue weighted by atomic mass is 10.1. The number of H-pyrrole nitrogens is 1. The van der Waals surface area contributed by atoms with Crippen LogP contribution >= 0.6 is 22.7 Å². The largest absolute Gasteiger partial charge is 0.494 e. The molecular formula is C24H25N3O3S2. The van der Waals surface area contributed by atoms with E-state index in [9.17, 15) is 4.79 Å². The fraction of sp³-hybridized carbons (Fsp3) is 0.333. The Morgan fingerprint density at radius 2 is 2.25 bits per heavy atom. The van der Waals surface area contributed by atoms with E-state index in [1.54, 1.807) is 11.3 Å². The van der Waals surface area contributed by atoms with Gasteiger partial charge in [0.05, 0.1) is 18.0 Å². The van der Waals surface area contributed by atoms with Crippen molar-refractivity contribution in [3.05, 3.63) is 62.3 Å². The van der Waals surface area contributed by atoms with E-state index in [0.29, 0.717) is 24.4 Å². The van der Waals surface area contributed by atoms with Gasteiger partial charge in [0, 0.05) is 39.9 Å². The maximum Gasteiger partial charge on any atom is 0.260 e. The van der Waals surface area contributed by atoms with Crippen molar-refractivity contribution in [2.45, 2.75) is 45.9 Å². The maximum atomic E-state index is 12.9. The SMILES string of the molecule is CCOc1cc2c(cc1CN[C@@H](C)c1nc3scc(-c4cccs4)c3c(=O)[nH]1)O[C@H](C)C2. The predicted molar refractivity (Wildman–Crippen MR) is 130 cm³/mol. The zero-order valence-corrected chi connectivity index (χ0v) is 19.9. The highest BCUT2D eigenvalue weighted by atomic mass is 32.1. The third kappa shape index (κ3) is 3.94. The number of ether oxygens (including phenoxy) is 2. The van der Waals surface area contributed by atoms with Gasteiger partial charge in [-0.2, -0.15) is 0 Å². The van der Waals surface area contributed by atoms with Crippen LogP contribution in [-0.2, 0) is 13.0 Å². The Morgan fingerprint density at radius 3 is 3.03 bits per heavy atom. The van der Waals surface area contributed by atoms with Crippen molar-refractivity contribution in [1.29, 1.82) is 0 Å². The second kappa shape index (κ2) is 8.69. The van der Waals surface area contributed by atoms with E-state index in [4.69, 9.17) is 14.5 Å². The summed E-state index contributed by atoms with van der Waals surface area (Å²) in [6.45, 7) is 7.25. The maximum absolute atomic E-state index is 12.9. The van der Waals surface area contributed by atoms with E-state index in [1.807, 2.05) is 36.7 Å². The molecule has 0 fully saturated rings. The average Bonchev–Trinajstić information content (AvgIpc) is 3.50. The van der Waals surface area contributed by atoms with Gasteiger partial charge in [0.25, 0.3) is 5.56 Å². The standard InChI is InChI=1S/C24H25N3O3S2/c1-4-29-18-9-15-8-13(2)30-19(15)10-16(18)11-25-14(3)22-26-23(28)21-17(12-32-24(21)27-22)20-6-5-7-31-20/h5-7,9-10,12-14,25H,4,8,11H2,1-3H3,(H,26,27,28)/t13-,14+/m1/s1. The lowest BCUT2D eigenvalue weighted by Gasteiger charge is -2.16. The first kappa shape index (κ1) is 21.2. The van der Waals surface area contributed by atoms with Crippen LogP contribution < -0.4 is 20.3 Å². The molecule has 0 radical (unpaired) electrons. The van der Waals surface area contributed by atoms with Gasteiger partial charge in [-0.1, -0.05) is 6.07 Å². The zero-order valence-electron chi connectivity index (χ0n) is 18.2. The minimum absolute atomic E-state index is 0.0989. The summed E-state index contributed by atoms with van der Waals surface area (Å²) >= 11 is 3.13. The van der Waals surface area contributed by atoms with Crippen LogP contribution in [-0.4, -0.2) is 22.7 Å². The molecule has 2 N–H and O–H groups in total. The monoisotopic (exact) mass is 467 g/mol. The van der Waals surface area contributed by atoms with Crippen molar-refractivity contribution in [3.63, 3.8) is 0 Å². The molecule has 0 bridgehead atoms. The lowest BCUT2D eigenvalue weighted by molar-refractivity contribution is 0.254. The van der Waals surface area contributed by atoms with Crippen LogP contribution in [0.5, 0.6) is 11.5 Å². The highest BCUT2D eigenvalue weighted by molar-refractivity contribution is 7.18. The van der Waals surface area contributed by atoms with Crippen molar-refractivity contribution in [3.8, 4) is 21.9 Å². The summed E-state index contributed by atoms with van der Waals surface area (Å²) in [5, 5.41) is 8.18. The van der Waals surface area contributed by atoms with Gasteiger partial charge in [-0.3, -0.25) is 4.79 Å². The lowest BCUT2D eigenvalue weighted by Crippen LogP contribution is -2.23. The van der Waals surface area contributed by atoms with E-state index in [1.165, 1.54) is 16.9 Å². The quantitative estimate of drug-likeness (QED) is 0.386. The average molecular weight is 468 g/mol. The van der Waals surface area contributed by atoms with Crippen molar-refractivity contribution in [2.75, 3.05) is 6.61 Å². The molecule has 32 heavy (non-hydrogen) atoms. The Morgan fingerprint density at radius 1 is 1.38 bits per heavy atom. The summed E-state index contributed by atoms with van der Waals surface area (Å²) in [4.78, 5) is 22.5. The molecule has 6 nitrogen and oxygen atoms in total. The Kier molecular flexibility index (Phi) is 5.75. The molecule has 0 saturated heterocycles. The summed E-state index contributed by atoms with van der Waals surface area (Å²) in [5.41, 5.74) is 3.08. The van der Waals surface area contributed by atoms with Crippen LogP contribution in [0.1, 0.15) is 43.8 Å².